The van der Waals surface area contributed by atoms with Crippen LogP contribution in [0.2, 0.25) is 0 Å². The summed E-state index contributed by atoms with van der Waals surface area (Å²) in [7, 11) is 0. The first-order valence-corrected chi connectivity index (χ1v) is 8.06. The van der Waals surface area contributed by atoms with E-state index in [0.717, 1.165) is 31.0 Å². The Morgan fingerprint density at radius 1 is 0.947 bits per heavy atom. The molecule has 0 aromatic rings. The molecule has 3 N–H and O–H groups in total. The lowest BCUT2D eigenvalue weighted by molar-refractivity contribution is 0.0341. The van der Waals surface area contributed by atoms with Crippen molar-refractivity contribution in [2.24, 2.45) is 29.0 Å². The van der Waals surface area contributed by atoms with Crippen LogP contribution in [0.15, 0.2) is 0 Å². The number of hydrogen-bond acceptors (Lipinski definition) is 3. The Labute approximate surface area is 118 Å². The highest BCUT2D eigenvalue weighted by Crippen LogP contribution is 2.42. The minimum absolute atomic E-state index is 0.468. The zero-order valence-electron chi connectivity index (χ0n) is 13.0. The summed E-state index contributed by atoms with van der Waals surface area (Å²) in [6.07, 6.45) is 7.77. The lowest BCUT2D eigenvalue weighted by Gasteiger charge is -2.42. The van der Waals surface area contributed by atoms with Gasteiger partial charge in [0.15, 0.2) is 0 Å². The van der Waals surface area contributed by atoms with Crippen molar-refractivity contribution in [3.8, 4) is 0 Å². The number of ether oxygens (including phenoxy) is 1. The van der Waals surface area contributed by atoms with Gasteiger partial charge >= 0.3 is 0 Å². The zero-order valence-corrected chi connectivity index (χ0v) is 13.0. The third-order valence-electron chi connectivity index (χ3n) is 5.47. The van der Waals surface area contributed by atoms with E-state index < -0.39 is 0 Å². The van der Waals surface area contributed by atoms with E-state index in [0.29, 0.717) is 11.5 Å². The summed E-state index contributed by atoms with van der Waals surface area (Å²) in [5, 5.41) is 0. The predicted molar refractivity (Wildman–Crippen MR) is 79.6 cm³/mol. The average Bonchev–Trinajstić information content (AvgIpc) is 2.40. The largest absolute Gasteiger partial charge is 0.381 e. The third kappa shape index (κ3) is 3.93. The third-order valence-corrected chi connectivity index (χ3v) is 5.47. The summed E-state index contributed by atoms with van der Waals surface area (Å²) >= 11 is 0. The second-order valence-corrected chi connectivity index (χ2v) is 7.62. The molecule has 1 saturated carbocycles. The van der Waals surface area contributed by atoms with Gasteiger partial charge in [0.05, 0.1) is 0 Å². The van der Waals surface area contributed by atoms with Crippen molar-refractivity contribution in [2.75, 3.05) is 13.2 Å². The smallest absolute Gasteiger partial charge is 0.0469 e. The Kier molecular flexibility index (Phi) is 5.27. The minimum Gasteiger partial charge on any atom is -0.381 e. The molecule has 1 saturated heterocycles. The van der Waals surface area contributed by atoms with Crippen molar-refractivity contribution < 1.29 is 4.74 Å². The maximum atomic E-state index is 5.86. The summed E-state index contributed by atoms with van der Waals surface area (Å²) in [5.74, 6) is 8.24. The van der Waals surface area contributed by atoms with Gasteiger partial charge in [-0.2, -0.15) is 0 Å². The van der Waals surface area contributed by atoms with Crippen LogP contribution in [0.3, 0.4) is 0 Å². The molecule has 1 heterocycles. The fourth-order valence-corrected chi connectivity index (χ4v) is 4.08. The van der Waals surface area contributed by atoms with Gasteiger partial charge in [0.2, 0.25) is 0 Å². The Hall–Kier alpha value is -0.120. The SMILES string of the molecule is CC(C)(C)C1CCC(C(NN)C2CCOCC2)CC1. The molecule has 19 heavy (non-hydrogen) atoms. The number of rotatable bonds is 3. The van der Waals surface area contributed by atoms with E-state index in [9.17, 15) is 0 Å². The second kappa shape index (κ2) is 6.55. The van der Waals surface area contributed by atoms with E-state index in [4.69, 9.17) is 10.6 Å². The van der Waals surface area contributed by atoms with Gasteiger partial charge in [0, 0.05) is 19.3 Å². The Morgan fingerprint density at radius 3 is 1.95 bits per heavy atom. The molecule has 0 aromatic carbocycles. The highest BCUT2D eigenvalue weighted by Gasteiger charge is 2.35. The van der Waals surface area contributed by atoms with Gasteiger partial charge in [0.25, 0.3) is 0 Å². The summed E-state index contributed by atoms with van der Waals surface area (Å²) < 4.78 is 5.47. The number of hydrogen-bond donors (Lipinski definition) is 2. The molecule has 1 aliphatic carbocycles. The lowest BCUT2D eigenvalue weighted by atomic mass is 9.67. The van der Waals surface area contributed by atoms with Crippen LogP contribution in [0.4, 0.5) is 0 Å². The van der Waals surface area contributed by atoms with Gasteiger partial charge in [-0.25, -0.2) is 0 Å². The monoisotopic (exact) mass is 268 g/mol. The maximum absolute atomic E-state index is 5.86. The molecule has 3 heteroatoms. The van der Waals surface area contributed by atoms with E-state index in [1.165, 1.54) is 38.5 Å². The molecule has 112 valence electrons. The Balaban J connectivity index is 1.87. The first-order chi connectivity index (χ1) is 9.02. The van der Waals surface area contributed by atoms with Crippen molar-refractivity contribution in [1.82, 2.24) is 5.43 Å². The Morgan fingerprint density at radius 2 is 1.47 bits per heavy atom. The van der Waals surface area contributed by atoms with Crippen LogP contribution in [0, 0.1) is 23.2 Å². The molecule has 0 amide bonds. The molecule has 3 nitrogen and oxygen atoms in total. The van der Waals surface area contributed by atoms with Gasteiger partial charge in [-0.05, 0) is 61.7 Å². The van der Waals surface area contributed by atoms with E-state index in [2.05, 4.69) is 26.2 Å². The number of nitrogens with one attached hydrogen (secondary N) is 1. The van der Waals surface area contributed by atoms with Gasteiger partial charge in [-0.3, -0.25) is 11.3 Å². The van der Waals surface area contributed by atoms with Crippen LogP contribution in [-0.4, -0.2) is 19.3 Å². The summed E-state index contributed by atoms with van der Waals surface area (Å²) in [6, 6.07) is 0.504. The molecular formula is C16H32N2O. The molecule has 2 fully saturated rings. The maximum Gasteiger partial charge on any atom is 0.0469 e. The fourth-order valence-electron chi connectivity index (χ4n) is 4.08. The molecule has 1 aliphatic heterocycles. The molecule has 1 unspecified atom stereocenters. The van der Waals surface area contributed by atoms with Crippen LogP contribution >= 0.6 is 0 Å². The summed E-state index contributed by atoms with van der Waals surface area (Å²) in [5.41, 5.74) is 3.61. The molecule has 0 aromatic heterocycles. The standard InChI is InChI=1S/C16H32N2O/c1-16(2,3)14-6-4-12(5-7-14)15(18-17)13-8-10-19-11-9-13/h12-15,18H,4-11,17H2,1-3H3. The predicted octanol–water partition coefficient (Wildman–Crippen LogP) is 3.10. The van der Waals surface area contributed by atoms with E-state index in [1.54, 1.807) is 0 Å². The highest BCUT2D eigenvalue weighted by atomic mass is 16.5. The topological polar surface area (TPSA) is 47.3 Å². The number of hydrazine groups is 1. The fraction of sp³-hybridized carbons (Fsp3) is 1.00. The van der Waals surface area contributed by atoms with Crippen molar-refractivity contribution in [3.05, 3.63) is 0 Å². The van der Waals surface area contributed by atoms with Gasteiger partial charge in [0.1, 0.15) is 0 Å². The zero-order chi connectivity index (χ0) is 13.9. The molecule has 2 aliphatic rings. The minimum atomic E-state index is 0.468. The van der Waals surface area contributed by atoms with Crippen molar-refractivity contribution in [3.63, 3.8) is 0 Å². The van der Waals surface area contributed by atoms with E-state index >= 15 is 0 Å². The van der Waals surface area contributed by atoms with Crippen molar-refractivity contribution in [2.45, 2.75) is 65.3 Å². The first kappa shape index (κ1) is 15.3. The van der Waals surface area contributed by atoms with Crippen LogP contribution in [-0.2, 0) is 4.74 Å². The second-order valence-electron chi connectivity index (χ2n) is 7.62. The van der Waals surface area contributed by atoms with Crippen LogP contribution in [0.1, 0.15) is 59.3 Å². The van der Waals surface area contributed by atoms with Crippen molar-refractivity contribution >= 4 is 0 Å². The Bertz CT molecular complexity index is 260. The number of nitrogens with two attached hydrogens (primary N) is 1. The summed E-state index contributed by atoms with van der Waals surface area (Å²) in [6.45, 7) is 8.99. The van der Waals surface area contributed by atoms with Gasteiger partial charge in [-0.15, -0.1) is 0 Å². The molecule has 0 bridgehead atoms. The average molecular weight is 268 g/mol. The van der Waals surface area contributed by atoms with Gasteiger partial charge in [-0.1, -0.05) is 20.8 Å². The van der Waals surface area contributed by atoms with E-state index in [1.807, 2.05) is 0 Å². The van der Waals surface area contributed by atoms with Crippen LogP contribution < -0.4 is 11.3 Å². The summed E-state index contributed by atoms with van der Waals surface area (Å²) in [4.78, 5) is 0. The highest BCUT2D eigenvalue weighted by molar-refractivity contribution is 4.88. The normalized spacial score (nSPS) is 32.2. The molecule has 2 rings (SSSR count). The van der Waals surface area contributed by atoms with Crippen molar-refractivity contribution in [1.29, 1.82) is 0 Å². The molecule has 0 spiro atoms. The van der Waals surface area contributed by atoms with Crippen LogP contribution in [0.25, 0.3) is 0 Å². The molecule has 0 radical (unpaired) electrons. The van der Waals surface area contributed by atoms with Crippen LogP contribution in [0.5, 0.6) is 0 Å². The molecule has 1 atom stereocenters. The lowest BCUT2D eigenvalue weighted by Crippen LogP contribution is -2.49. The quantitative estimate of drug-likeness (QED) is 0.611. The molecular weight excluding hydrogens is 236 g/mol. The van der Waals surface area contributed by atoms with Gasteiger partial charge < -0.3 is 4.74 Å². The first-order valence-electron chi connectivity index (χ1n) is 8.06. The van der Waals surface area contributed by atoms with E-state index in [-0.39, 0.29) is 0 Å².